The fourth-order valence-corrected chi connectivity index (χ4v) is 3.50. The maximum atomic E-state index is 11.2. The van der Waals surface area contributed by atoms with E-state index in [4.69, 9.17) is 19.6 Å². The lowest BCUT2D eigenvalue weighted by molar-refractivity contribution is -0.834. The molecule has 0 bridgehead atoms. The molecule has 110 valence electrons. The van der Waals surface area contributed by atoms with Gasteiger partial charge in [-0.3, -0.25) is 13.6 Å². The Hall–Kier alpha value is -0.300. The van der Waals surface area contributed by atoms with Crippen molar-refractivity contribution in [3.63, 3.8) is 0 Å². The van der Waals surface area contributed by atoms with Crippen molar-refractivity contribution in [2.24, 2.45) is 0 Å². The minimum atomic E-state index is -4.96. The van der Waals surface area contributed by atoms with Gasteiger partial charge in [0, 0.05) is 6.42 Å². The average molecular weight is 314 g/mol. The summed E-state index contributed by atoms with van der Waals surface area (Å²) in [6.07, 6.45) is 5.05. The zero-order valence-corrected chi connectivity index (χ0v) is 12.4. The van der Waals surface area contributed by atoms with Gasteiger partial charge in [-0.25, -0.2) is 4.57 Å². The monoisotopic (exact) mass is 314 g/mol. The first-order valence-corrected chi connectivity index (χ1v) is 8.59. The van der Waals surface area contributed by atoms with Crippen molar-refractivity contribution in [1.82, 2.24) is 0 Å². The molecule has 10 heteroatoms. The van der Waals surface area contributed by atoms with E-state index >= 15 is 0 Å². The lowest BCUT2D eigenvalue weighted by Crippen LogP contribution is -2.37. The molecule has 0 fully saturated rings. The van der Waals surface area contributed by atoms with Crippen LogP contribution in [0.5, 0.6) is 0 Å². The summed E-state index contributed by atoms with van der Waals surface area (Å²) in [4.78, 5) is 35.6. The minimum absolute atomic E-state index is 0.235. The zero-order valence-electron chi connectivity index (χ0n) is 10.6. The first kappa shape index (κ1) is 16.8. The quantitative estimate of drug-likeness (QED) is 0.431. The van der Waals surface area contributed by atoms with Gasteiger partial charge < -0.3 is 19.6 Å². The van der Waals surface area contributed by atoms with Gasteiger partial charge in [-0.15, -0.1) is 0 Å². The minimum Gasteiger partial charge on any atom is -0.323 e. The first-order valence-electron chi connectivity index (χ1n) is 5.38. The van der Waals surface area contributed by atoms with Crippen molar-refractivity contribution in [3.05, 3.63) is 23.9 Å². The Morgan fingerprint density at radius 1 is 1.32 bits per heavy atom. The van der Waals surface area contributed by atoms with E-state index in [9.17, 15) is 9.13 Å². The van der Waals surface area contributed by atoms with Gasteiger partial charge in [0.15, 0.2) is 5.85 Å². The predicted octanol–water partition coefficient (Wildman–Crippen LogP) is 0.520. The Morgan fingerprint density at radius 3 is 2.32 bits per heavy atom. The number of hydrogen-bond acceptors (Lipinski definition) is 3. The van der Waals surface area contributed by atoms with Crippen LogP contribution in [0.3, 0.4) is 0 Å². The third-order valence-electron chi connectivity index (χ3n) is 2.50. The van der Waals surface area contributed by atoms with Gasteiger partial charge in [0.1, 0.15) is 6.54 Å². The predicted molar refractivity (Wildman–Crippen MR) is 67.8 cm³/mol. The van der Waals surface area contributed by atoms with Crippen LogP contribution < -0.4 is 0 Å². The smallest absolute Gasteiger partial charge is 0.323 e. The molecule has 0 saturated carbocycles. The number of phosphoric ester groups is 1. The Kier molecular flexibility index (Phi) is 4.93. The van der Waals surface area contributed by atoms with Crippen LogP contribution in [0.15, 0.2) is 23.9 Å². The summed E-state index contributed by atoms with van der Waals surface area (Å²) in [5.74, 6) is -1.84. The summed E-state index contributed by atoms with van der Waals surface area (Å²) < 4.78 is 26.7. The van der Waals surface area contributed by atoms with Crippen molar-refractivity contribution in [2.45, 2.75) is 12.3 Å². The summed E-state index contributed by atoms with van der Waals surface area (Å²) in [7, 11) is -5.95. The maximum absolute atomic E-state index is 11.2. The molecule has 1 atom stereocenters. The van der Waals surface area contributed by atoms with Crippen molar-refractivity contribution in [1.29, 1.82) is 0 Å². The van der Waals surface area contributed by atoms with E-state index in [-0.39, 0.29) is 6.42 Å². The summed E-state index contributed by atoms with van der Waals surface area (Å²) in [6.45, 7) is 0.484. The van der Waals surface area contributed by atoms with Gasteiger partial charge in [0.2, 0.25) is 0 Å². The molecule has 19 heavy (non-hydrogen) atoms. The van der Waals surface area contributed by atoms with Gasteiger partial charge in [-0.05, 0) is 11.6 Å². The number of nitrogens with zero attached hydrogens (tertiary/aromatic N) is 1. The number of allylic oxidation sites excluding steroid dienone is 2. The van der Waals surface area contributed by atoms with Crippen molar-refractivity contribution < 1.29 is 37.7 Å². The van der Waals surface area contributed by atoms with Crippen LogP contribution in [-0.2, 0) is 13.7 Å². The SMILES string of the molecule is C[N+]1(C)C=CC=C(CC(OP(=O)(O)O)P(=O)(O)O)C1. The number of phosphoric acid groups is 1. The van der Waals surface area contributed by atoms with Crippen molar-refractivity contribution >= 4 is 15.4 Å². The normalized spacial score (nSPS) is 21.1. The highest BCUT2D eigenvalue weighted by molar-refractivity contribution is 7.53. The van der Waals surface area contributed by atoms with E-state index in [1.807, 2.05) is 20.3 Å². The summed E-state index contributed by atoms with van der Waals surface area (Å²) >= 11 is 0. The van der Waals surface area contributed by atoms with Gasteiger partial charge >= 0.3 is 15.4 Å². The molecule has 0 saturated heterocycles. The second-order valence-corrected chi connectivity index (χ2v) is 7.89. The summed E-state index contributed by atoms with van der Waals surface area (Å²) in [5, 5.41) is 0. The van der Waals surface area contributed by atoms with Crippen LogP contribution in [0.25, 0.3) is 0 Å². The van der Waals surface area contributed by atoms with Crippen LogP contribution in [-0.4, -0.2) is 50.5 Å². The van der Waals surface area contributed by atoms with Gasteiger partial charge in [0.25, 0.3) is 0 Å². The van der Waals surface area contributed by atoms with Gasteiger partial charge in [-0.1, -0.05) is 6.08 Å². The van der Waals surface area contributed by atoms with E-state index in [0.717, 1.165) is 0 Å². The Morgan fingerprint density at radius 2 is 1.89 bits per heavy atom. The van der Waals surface area contributed by atoms with Crippen molar-refractivity contribution in [3.8, 4) is 0 Å². The van der Waals surface area contributed by atoms with E-state index in [0.29, 0.717) is 16.6 Å². The zero-order chi connectivity index (χ0) is 14.9. The van der Waals surface area contributed by atoms with E-state index in [2.05, 4.69) is 4.52 Å². The Labute approximate surface area is 111 Å². The van der Waals surface area contributed by atoms with Crippen LogP contribution in [0.4, 0.5) is 0 Å². The number of rotatable bonds is 5. The molecule has 4 N–H and O–H groups in total. The number of quaternary nitrogens is 1. The molecule has 0 aromatic carbocycles. The molecule has 1 heterocycles. The van der Waals surface area contributed by atoms with Crippen LogP contribution in [0, 0.1) is 0 Å². The largest absolute Gasteiger partial charge is 0.470 e. The molecular formula is C9H18NO7P2+. The molecule has 0 aliphatic carbocycles. The molecule has 1 aliphatic rings. The molecule has 0 spiro atoms. The molecular weight excluding hydrogens is 296 g/mol. The van der Waals surface area contributed by atoms with E-state index in [1.54, 1.807) is 12.2 Å². The highest BCUT2D eigenvalue weighted by Gasteiger charge is 2.37. The fraction of sp³-hybridized carbons (Fsp3) is 0.556. The molecule has 8 nitrogen and oxygen atoms in total. The average Bonchev–Trinajstić information content (AvgIpc) is 2.11. The summed E-state index contributed by atoms with van der Waals surface area (Å²) in [6, 6.07) is 0. The third kappa shape index (κ3) is 6.12. The topological polar surface area (TPSA) is 124 Å². The molecule has 0 aromatic rings. The second kappa shape index (κ2) is 5.60. The van der Waals surface area contributed by atoms with Gasteiger partial charge in [-0.2, -0.15) is 0 Å². The lowest BCUT2D eigenvalue weighted by atomic mass is 10.1. The summed E-state index contributed by atoms with van der Waals surface area (Å²) in [5.41, 5.74) is 0.647. The van der Waals surface area contributed by atoms with Crippen LogP contribution in [0.2, 0.25) is 0 Å². The Balaban J connectivity index is 2.86. The Bertz CT molecular complexity index is 487. The first-order chi connectivity index (χ1) is 8.39. The maximum Gasteiger partial charge on any atom is 0.470 e. The molecule has 1 unspecified atom stereocenters. The van der Waals surface area contributed by atoms with Crippen LogP contribution in [0.1, 0.15) is 6.42 Å². The van der Waals surface area contributed by atoms with E-state index < -0.39 is 21.3 Å². The lowest BCUT2D eigenvalue weighted by Gasteiger charge is -2.30. The molecule has 1 rings (SSSR count). The molecule has 1 aliphatic heterocycles. The molecule has 0 radical (unpaired) electrons. The highest BCUT2D eigenvalue weighted by atomic mass is 31.2. The number of likely N-dealkylation sites (N-methyl/N-ethyl adjacent to an activating group) is 1. The van der Waals surface area contributed by atoms with Gasteiger partial charge in [0.05, 0.1) is 20.3 Å². The van der Waals surface area contributed by atoms with Crippen LogP contribution >= 0.6 is 15.4 Å². The van der Waals surface area contributed by atoms with E-state index in [1.165, 1.54) is 0 Å². The molecule has 0 amide bonds. The standard InChI is InChI=1S/C9H17NO7P2/c1-10(2)5-3-4-8(7-10)6-9(18(11,12)13)17-19(14,15)16/h3-5,9H,6-7H2,1-2H3,(H3-,11,12,13,14,15,16)/p+1. The second-order valence-electron chi connectivity index (χ2n) is 4.95. The van der Waals surface area contributed by atoms with Crippen molar-refractivity contribution in [2.75, 3.05) is 20.6 Å². The molecule has 0 aromatic heterocycles. The fourth-order valence-electron chi connectivity index (χ4n) is 1.77. The number of hydrogen-bond donors (Lipinski definition) is 4. The third-order valence-corrected chi connectivity index (χ3v) is 4.24. The highest BCUT2D eigenvalue weighted by Crippen LogP contribution is 2.52.